The molecule has 0 saturated carbocycles. The van der Waals surface area contributed by atoms with Crippen molar-refractivity contribution >= 4 is 11.6 Å². The molecule has 0 N–H and O–H groups in total. The molecule has 0 unspecified atom stereocenters. The van der Waals surface area contributed by atoms with Crippen LogP contribution in [0.4, 0.5) is 0 Å². The van der Waals surface area contributed by atoms with Crippen molar-refractivity contribution in [3.05, 3.63) is 59.7 Å². The van der Waals surface area contributed by atoms with Gasteiger partial charge in [0.1, 0.15) is 11.5 Å². The summed E-state index contributed by atoms with van der Waals surface area (Å²) in [5.41, 5.74) is 2.31. The quantitative estimate of drug-likeness (QED) is 0.624. The molecule has 3 nitrogen and oxygen atoms in total. The molecule has 100 valence electrons. The van der Waals surface area contributed by atoms with E-state index in [1.54, 1.807) is 20.3 Å². The molecule has 20 heavy (non-hydrogen) atoms. The van der Waals surface area contributed by atoms with Crippen LogP contribution in [0.1, 0.15) is 11.1 Å². The van der Waals surface area contributed by atoms with Crippen LogP contribution >= 0.6 is 0 Å². The van der Waals surface area contributed by atoms with Gasteiger partial charge in [0.2, 0.25) is 0 Å². The fraction of sp³-hybridized carbons (Fsp3) is 0.118. The van der Waals surface area contributed by atoms with Crippen molar-refractivity contribution in [2.75, 3.05) is 14.2 Å². The van der Waals surface area contributed by atoms with E-state index in [4.69, 9.17) is 9.47 Å². The highest BCUT2D eigenvalue weighted by Gasteiger charge is 2.06. The van der Waals surface area contributed by atoms with Crippen molar-refractivity contribution in [2.24, 2.45) is 0 Å². The van der Waals surface area contributed by atoms with Gasteiger partial charge in [0.15, 0.2) is 0 Å². The number of methoxy groups -OCH3 is 2. The van der Waals surface area contributed by atoms with Gasteiger partial charge in [-0.15, -0.1) is 0 Å². The first kappa shape index (κ1) is 13.7. The van der Waals surface area contributed by atoms with Crippen LogP contribution < -0.4 is 9.47 Å². The maximum Gasteiger partial charge on any atom is 0.123 e. The Kier molecular flexibility index (Phi) is 4.41. The third-order valence-electron chi connectivity index (χ3n) is 2.89. The van der Waals surface area contributed by atoms with Gasteiger partial charge in [-0.2, -0.15) is 5.26 Å². The van der Waals surface area contributed by atoms with Crippen LogP contribution in [0.15, 0.2) is 48.5 Å². The molecular weight excluding hydrogens is 250 g/mol. The second-order valence-corrected chi connectivity index (χ2v) is 4.18. The molecule has 0 radical (unpaired) electrons. The zero-order valence-electron chi connectivity index (χ0n) is 11.5. The van der Waals surface area contributed by atoms with Gasteiger partial charge in [-0.1, -0.05) is 30.3 Å². The number of hydrogen-bond acceptors (Lipinski definition) is 3. The molecule has 2 aromatic rings. The predicted molar refractivity (Wildman–Crippen MR) is 79.5 cm³/mol. The van der Waals surface area contributed by atoms with Gasteiger partial charge >= 0.3 is 0 Å². The van der Waals surface area contributed by atoms with Gasteiger partial charge in [-0.25, -0.2) is 0 Å². The number of ether oxygens (including phenoxy) is 2. The Hall–Kier alpha value is -2.73. The normalized spacial score (nSPS) is 10.8. The smallest absolute Gasteiger partial charge is 0.123 e. The lowest BCUT2D eigenvalue weighted by atomic mass is 10.0. The van der Waals surface area contributed by atoms with Crippen molar-refractivity contribution in [1.82, 2.24) is 0 Å². The van der Waals surface area contributed by atoms with Crippen molar-refractivity contribution in [1.29, 1.82) is 5.26 Å². The number of benzene rings is 2. The lowest BCUT2D eigenvalue weighted by molar-refractivity contribution is 0.394. The first-order valence-electron chi connectivity index (χ1n) is 6.17. The van der Waals surface area contributed by atoms with Gasteiger partial charge in [-0.05, 0) is 29.3 Å². The van der Waals surface area contributed by atoms with Crippen LogP contribution in [0.2, 0.25) is 0 Å². The molecular formula is C17H15NO2. The SMILES string of the molecule is COc1cc(OC)cc(C(C#N)=Cc2ccccc2)c1. The Labute approximate surface area is 118 Å². The van der Waals surface area contributed by atoms with E-state index < -0.39 is 0 Å². The molecule has 0 bridgehead atoms. The molecule has 0 aliphatic heterocycles. The van der Waals surface area contributed by atoms with E-state index in [1.165, 1.54) is 0 Å². The average Bonchev–Trinajstić information content (AvgIpc) is 2.53. The topological polar surface area (TPSA) is 42.2 Å². The van der Waals surface area contributed by atoms with Crippen LogP contribution in [0, 0.1) is 11.3 Å². The number of nitriles is 1. The highest BCUT2D eigenvalue weighted by atomic mass is 16.5. The fourth-order valence-electron chi connectivity index (χ4n) is 1.86. The van der Waals surface area contributed by atoms with Crippen LogP contribution in [0.25, 0.3) is 11.6 Å². The highest BCUT2D eigenvalue weighted by Crippen LogP contribution is 2.27. The van der Waals surface area contributed by atoms with Gasteiger partial charge < -0.3 is 9.47 Å². The molecule has 0 atom stereocenters. The third kappa shape index (κ3) is 3.18. The first-order chi connectivity index (χ1) is 9.76. The van der Waals surface area contributed by atoms with Crippen molar-refractivity contribution in [3.8, 4) is 17.6 Å². The summed E-state index contributed by atoms with van der Waals surface area (Å²) in [6.45, 7) is 0. The van der Waals surface area contributed by atoms with Crippen LogP contribution in [-0.4, -0.2) is 14.2 Å². The molecule has 0 heterocycles. The Balaban J connectivity index is 2.47. The van der Waals surface area contributed by atoms with E-state index in [9.17, 15) is 5.26 Å². The Bertz CT molecular complexity index is 632. The molecule has 2 aromatic carbocycles. The molecule has 0 aliphatic carbocycles. The zero-order valence-corrected chi connectivity index (χ0v) is 11.5. The van der Waals surface area contributed by atoms with E-state index >= 15 is 0 Å². The van der Waals surface area contributed by atoms with Crippen molar-refractivity contribution in [3.63, 3.8) is 0 Å². The molecule has 3 heteroatoms. The van der Waals surface area contributed by atoms with Gasteiger partial charge in [-0.3, -0.25) is 0 Å². The van der Waals surface area contributed by atoms with E-state index in [2.05, 4.69) is 6.07 Å². The maximum atomic E-state index is 9.37. The largest absolute Gasteiger partial charge is 0.497 e. The van der Waals surface area contributed by atoms with E-state index in [0.29, 0.717) is 17.1 Å². The zero-order chi connectivity index (χ0) is 14.4. The molecule has 0 spiro atoms. The number of hydrogen-bond donors (Lipinski definition) is 0. The standard InChI is InChI=1S/C17H15NO2/c1-19-16-9-14(10-17(11-16)20-2)15(12-18)8-13-6-4-3-5-7-13/h3-11H,1-2H3. The summed E-state index contributed by atoms with van der Waals surface area (Å²) in [4.78, 5) is 0. The Morgan fingerprint density at radius 1 is 1.00 bits per heavy atom. The van der Waals surface area contributed by atoms with Gasteiger partial charge in [0.05, 0.1) is 25.9 Å². The molecule has 0 aromatic heterocycles. The highest BCUT2D eigenvalue weighted by molar-refractivity contribution is 5.90. The lowest BCUT2D eigenvalue weighted by Gasteiger charge is -2.07. The van der Waals surface area contributed by atoms with E-state index in [0.717, 1.165) is 11.1 Å². The maximum absolute atomic E-state index is 9.37. The van der Waals surface area contributed by atoms with Crippen molar-refractivity contribution in [2.45, 2.75) is 0 Å². The van der Waals surface area contributed by atoms with Crippen LogP contribution in [0.5, 0.6) is 11.5 Å². The van der Waals surface area contributed by atoms with Crippen LogP contribution in [0.3, 0.4) is 0 Å². The molecule has 0 fully saturated rings. The minimum atomic E-state index is 0.563. The molecule has 0 amide bonds. The van der Waals surface area contributed by atoms with E-state index in [1.807, 2.05) is 48.5 Å². The summed E-state index contributed by atoms with van der Waals surface area (Å²) < 4.78 is 10.5. The summed E-state index contributed by atoms with van der Waals surface area (Å²) in [5, 5.41) is 9.37. The minimum absolute atomic E-state index is 0.563. The molecule has 0 saturated heterocycles. The third-order valence-corrected chi connectivity index (χ3v) is 2.89. The van der Waals surface area contributed by atoms with E-state index in [-0.39, 0.29) is 0 Å². The summed E-state index contributed by atoms with van der Waals surface area (Å²) in [5.74, 6) is 1.32. The second kappa shape index (κ2) is 6.44. The van der Waals surface area contributed by atoms with Crippen molar-refractivity contribution < 1.29 is 9.47 Å². The summed E-state index contributed by atoms with van der Waals surface area (Å²) in [6, 6.07) is 17.4. The second-order valence-electron chi connectivity index (χ2n) is 4.18. The molecule has 2 rings (SSSR count). The van der Waals surface area contributed by atoms with Gasteiger partial charge in [0.25, 0.3) is 0 Å². The first-order valence-corrected chi connectivity index (χ1v) is 6.17. The number of nitrogens with zero attached hydrogens (tertiary/aromatic N) is 1. The predicted octanol–water partition coefficient (Wildman–Crippen LogP) is 3.77. The monoisotopic (exact) mass is 265 g/mol. The molecule has 0 aliphatic rings. The number of allylic oxidation sites excluding steroid dienone is 1. The average molecular weight is 265 g/mol. The van der Waals surface area contributed by atoms with Gasteiger partial charge in [0, 0.05) is 6.07 Å². The lowest BCUT2D eigenvalue weighted by Crippen LogP contribution is -1.90. The fourth-order valence-corrected chi connectivity index (χ4v) is 1.86. The minimum Gasteiger partial charge on any atom is -0.497 e. The number of rotatable bonds is 4. The Morgan fingerprint density at radius 2 is 1.60 bits per heavy atom. The summed E-state index contributed by atoms with van der Waals surface area (Å²) >= 11 is 0. The summed E-state index contributed by atoms with van der Waals surface area (Å²) in [6.07, 6.45) is 1.84. The van der Waals surface area contributed by atoms with Crippen LogP contribution in [-0.2, 0) is 0 Å². The summed E-state index contributed by atoms with van der Waals surface area (Å²) in [7, 11) is 3.18. The Morgan fingerprint density at radius 3 is 2.10 bits per heavy atom.